The lowest BCUT2D eigenvalue weighted by Crippen LogP contribution is -2.58. The van der Waals surface area contributed by atoms with Crippen LogP contribution in [0.5, 0.6) is 0 Å². The molecule has 0 aromatic heterocycles. The summed E-state index contributed by atoms with van der Waals surface area (Å²) in [4.78, 5) is 38.7. The highest BCUT2D eigenvalue weighted by molar-refractivity contribution is 5.99. The van der Waals surface area contributed by atoms with Crippen LogP contribution in [0.25, 0.3) is 0 Å². The molecule has 6 heteroatoms. The van der Waals surface area contributed by atoms with Crippen molar-refractivity contribution in [2.24, 2.45) is 0 Å². The summed E-state index contributed by atoms with van der Waals surface area (Å²) in [5, 5.41) is 8.84. The van der Waals surface area contributed by atoms with E-state index in [1.54, 1.807) is 6.92 Å². The molecule has 0 aliphatic carbocycles. The molecule has 1 saturated heterocycles. The van der Waals surface area contributed by atoms with Crippen LogP contribution in [0.1, 0.15) is 34.0 Å². The Hall–Kier alpha value is -2.37. The lowest BCUT2D eigenvalue weighted by molar-refractivity contribution is -0.148. The molecule has 1 aromatic rings. The Bertz CT molecular complexity index is 669. The van der Waals surface area contributed by atoms with Gasteiger partial charge < -0.3 is 14.9 Å². The summed E-state index contributed by atoms with van der Waals surface area (Å²) < 4.78 is 0. The van der Waals surface area contributed by atoms with Crippen LogP contribution in [-0.2, 0) is 9.59 Å². The van der Waals surface area contributed by atoms with Crippen LogP contribution >= 0.6 is 0 Å². The molecule has 2 rings (SSSR count). The fraction of sp³-hybridized carbons (Fsp3) is 0.471. The van der Waals surface area contributed by atoms with Gasteiger partial charge in [-0.1, -0.05) is 6.07 Å². The number of piperazine rings is 1. The minimum atomic E-state index is -1.05. The van der Waals surface area contributed by atoms with E-state index in [1.807, 2.05) is 32.9 Å². The predicted molar refractivity (Wildman–Crippen MR) is 85.4 cm³/mol. The molecular weight excluding hydrogens is 296 g/mol. The smallest absolute Gasteiger partial charge is 0.323 e. The number of aliphatic carboxylic acids is 1. The van der Waals surface area contributed by atoms with Gasteiger partial charge in [0.1, 0.15) is 12.6 Å². The molecule has 0 unspecified atom stereocenters. The van der Waals surface area contributed by atoms with Gasteiger partial charge in [-0.15, -0.1) is 0 Å². The first-order chi connectivity index (χ1) is 10.7. The van der Waals surface area contributed by atoms with Gasteiger partial charge in [0, 0.05) is 18.7 Å². The van der Waals surface area contributed by atoms with Crippen LogP contribution < -0.4 is 0 Å². The zero-order valence-corrected chi connectivity index (χ0v) is 13.9. The van der Waals surface area contributed by atoms with Crippen LogP contribution in [0.15, 0.2) is 12.1 Å². The largest absolute Gasteiger partial charge is 0.480 e. The first kappa shape index (κ1) is 17.0. The monoisotopic (exact) mass is 318 g/mol. The van der Waals surface area contributed by atoms with Gasteiger partial charge in [-0.25, -0.2) is 0 Å². The van der Waals surface area contributed by atoms with Gasteiger partial charge in [-0.2, -0.15) is 0 Å². The molecular formula is C17H22N2O4. The molecule has 2 amide bonds. The van der Waals surface area contributed by atoms with Gasteiger partial charge in [0.2, 0.25) is 5.91 Å². The SMILES string of the molecule is Cc1cc(C)c(C(=O)N2CCN(CC(=O)O)C(=O)[C@@H]2C)cc1C. The second-order valence-electron chi connectivity index (χ2n) is 6.08. The number of amides is 2. The van der Waals surface area contributed by atoms with Crippen molar-refractivity contribution >= 4 is 17.8 Å². The molecule has 1 aliphatic rings. The molecule has 0 radical (unpaired) electrons. The Morgan fingerprint density at radius 2 is 1.74 bits per heavy atom. The topological polar surface area (TPSA) is 77.9 Å². The molecule has 23 heavy (non-hydrogen) atoms. The number of carboxylic acids is 1. The molecule has 1 heterocycles. The normalized spacial score (nSPS) is 18.3. The van der Waals surface area contributed by atoms with Crippen molar-refractivity contribution in [3.8, 4) is 0 Å². The van der Waals surface area contributed by atoms with Gasteiger partial charge in [0.05, 0.1) is 0 Å². The number of nitrogens with zero attached hydrogens (tertiary/aromatic N) is 2. The molecule has 1 fully saturated rings. The highest BCUT2D eigenvalue weighted by Crippen LogP contribution is 2.20. The van der Waals surface area contributed by atoms with Crippen molar-refractivity contribution in [3.05, 3.63) is 34.4 Å². The number of carboxylic acid groups (broad SMARTS) is 1. The Morgan fingerprint density at radius 1 is 1.13 bits per heavy atom. The summed E-state index contributed by atoms with van der Waals surface area (Å²) in [7, 11) is 0. The second-order valence-corrected chi connectivity index (χ2v) is 6.08. The van der Waals surface area contributed by atoms with E-state index in [1.165, 1.54) is 9.80 Å². The third-order valence-corrected chi connectivity index (χ3v) is 4.41. The minimum absolute atomic E-state index is 0.179. The standard InChI is InChI=1S/C17H22N2O4/c1-10-7-12(3)14(8-11(10)2)17(23)19-6-5-18(9-15(20)21)16(22)13(19)4/h7-8,13H,5-6,9H2,1-4H3,(H,20,21)/t13-/m0/s1. The number of hydrogen-bond acceptors (Lipinski definition) is 3. The fourth-order valence-electron chi connectivity index (χ4n) is 2.87. The van der Waals surface area contributed by atoms with Crippen LogP contribution in [-0.4, -0.2) is 58.4 Å². The maximum absolute atomic E-state index is 12.8. The van der Waals surface area contributed by atoms with E-state index in [2.05, 4.69) is 0 Å². The van der Waals surface area contributed by atoms with Gasteiger partial charge in [0.15, 0.2) is 0 Å². The molecule has 1 aliphatic heterocycles. The molecule has 124 valence electrons. The molecule has 0 spiro atoms. The van der Waals surface area contributed by atoms with Crippen molar-refractivity contribution in [3.63, 3.8) is 0 Å². The molecule has 0 saturated carbocycles. The molecule has 1 N–H and O–H groups in total. The quantitative estimate of drug-likeness (QED) is 0.913. The van der Waals surface area contributed by atoms with Crippen molar-refractivity contribution in [1.29, 1.82) is 0 Å². The maximum atomic E-state index is 12.8. The van der Waals surface area contributed by atoms with Crippen LogP contribution in [0.4, 0.5) is 0 Å². The van der Waals surface area contributed by atoms with E-state index in [0.29, 0.717) is 12.1 Å². The number of benzene rings is 1. The van der Waals surface area contributed by atoms with Crippen LogP contribution in [0, 0.1) is 20.8 Å². The Labute approximate surface area is 135 Å². The Morgan fingerprint density at radius 3 is 2.35 bits per heavy atom. The summed E-state index contributed by atoms with van der Waals surface area (Å²) in [6.45, 7) is 7.72. The van der Waals surface area contributed by atoms with E-state index in [-0.39, 0.29) is 24.9 Å². The highest BCUT2D eigenvalue weighted by Gasteiger charge is 2.35. The fourth-order valence-corrected chi connectivity index (χ4v) is 2.87. The van der Waals surface area contributed by atoms with Crippen LogP contribution in [0.2, 0.25) is 0 Å². The maximum Gasteiger partial charge on any atom is 0.323 e. The average molecular weight is 318 g/mol. The summed E-state index contributed by atoms with van der Waals surface area (Å²) in [6.07, 6.45) is 0. The zero-order valence-electron chi connectivity index (χ0n) is 13.9. The average Bonchev–Trinajstić information content (AvgIpc) is 2.47. The summed E-state index contributed by atoms with van der Waals surface area (Å²) >= 11 is 0. The zero-order chi connectivity index (χ0) is 17.3. The van der Waals surface area contributed by atoms with E-state index in [0.717, 1.165) is 16.7 Å². The molecule has 1 atom stereocenters. The van der Waals surface area contributed by atoms with Crippen molar-refractivity contribution in [2.75, 3.05) is 19.6 Å². The number of hydrogen-bond donors (Lipinski definition) is 1. The van der Waals surface area contributed by atoms with Gasteiger partial charge in [-0.05, 0) is 50.5 Å². The van der Waals surface area contributed by atoms with E-state index in [4.69, 9.17) is 5.11 Å². The number of carbonyl (C=O) groups is 3. The van der Waals surface area contributed by atoms with Gasteiger partial charge in [0.25, 0.3) is 5.91 Å². The number of rotatable bonds is 3. The van der Waals surface area contributed by atoms with Gasteiger partial charge >= 0.3 is 5.97 Å². The summed E-state index contributed by atoms with van der Waals surface area (Å²) in [6, 6.07) is 3.17. The molecule has 1 aromatic carbocycles. The predicted octanol–water partition coefficient (Wildman–Crippen LogP) is 1.37. The van der Waals surface area contributed by atoms with E-state index >= 15 is 0 Å². The second kappa shape index (κ2) is 6.40. The Kier molecular flexibility index (Phi) is 4.73. The summed E-state index contributed by atoms with van der Waals surface area (Å²) in [5.41, 5.74) is 3.63. The van der Waals surface area contributed by atoms with E-state index < -0.39 is 12.0 Å². The summed E-state index contributed by atoms with van der Waals surface area (Å²) in [5.74, 6) is -1.55. The van der Waals surface area contributed by atoms with Gasteiger partial charge in [-0.3, -0.25) is 14.4 Å². The third kappa shape index (κ3) is 3.36. The number of carbonyl (C=O) groups excluding carboxylic acids is 2. The highest BCUT2D eigenvalue weighted by atomic mass is 16.4. The first-order valence-electron chi connectivity index (χ1n) is 7.61. The number of aryl methyl sites for hydroxylation is 3. The van der Waals surface area contributed by atoms with Crippen molar-refractivity contribution < 1.29 is 19.5 Å². The van der Waals surface area contributed by atoms with Crippen molar-refractivity contribution in [1.82, 2.24) is 9.80 Å². The first-order valence-corrected chi connectivity index (χ1v) is 7.61. The Balaban J connectivity index is 2.23. The van der Waals surface area contributed by atoms with Crippen molar-refractivity contribution in [2.45, 2.75) is 33.7 Å². The van der Waals surface area contributed by atoms with E-state index in [9.17, 15) is 14.4 Å². The molecule has 6 nitrogen and oxygen atoms in total. The third-order valence-electron chi connectivity index (χ3n) is 4.41. The lowest BCUT2D eigenvalue weighted by Gasteiger charge is -2.38. The van der Waals surface area contributed by atoms with Crippen LogP contribution in [0.3, 0.4) is 0 Å². The lowest BCUT2D eigenvalue weighted by atomic mass is 9.99. The molecule has 0 bridgehead atoms. The minimum Gasteiger partial charge on any atom is -0.480 e.